The molecule has 0 saturated heterocycles. The lowest BCUT2D eigenvalue weighted by molar-refractivity contribution is 0.477. The van der Waals surface area contributed by atoms with Crippen LogP contribution in [0.2, 0.25) is 0 Å². The zero-order valence-corrected chi connectivity index (χ0v) is 10.1. The molecule has 1 rings (SSSR count). The molecule has 0 saturated carbocycles. The Morgan fingerprint density at radius 2 is 2.06 bits per heavy atom. The van der Waals surface area contributed by atoms with E-state index in [1.165, 1.54) is 0 Å². The van der Waals surface area contributed by atoms with Gasteiger partial charge in [0.1, 0.15) is 5.75 Å². The van der Waals surface area contributed by atoms with Gasteiger partial charge in [0.05, 0.1) is 5.69 Å². The van der Waals surface area contributed by atoms with E-state index in [9.17, 15) is 5.11 Å². The number of anilines is 1. The van der Waals surface area contributed by atoms with Crippen LogP contribution in [-0.4, -0.2) is 5.11 Å². The summed E-state index contributed by atoms with van der Waals surface area (Å²) in [7, 11) is 0. The lowest BCUT2D eigenvalue weighted by Gasteiger charge is -2.27. The van der Waals surface area contributed by atoms with Crippen LogP contribution in [0.25, 0.3) is 0 Å². The summed E-state index contributed by atoms with van der Waals surface area (Å²) in [4.78, 5) is 0. The average Bonchev–Trinajstić information content (AvgIpc) is 2.23. The number of phenols is 1. The van der Waals surface area contributed by atoms with E-state index in [4.69, 9.17) is 5.73 Å². The molecule has 0 spiro atoms. The highest BCUT2D eigenvalue weighted by molar-refractivity contribution is 5.56. The van der Waals surface area contributed by atoms with Crippen molar-refractivity contribution in [3.05, 3.63) is 48.1 Å². The third-order valence-corrected chi connectivity index (χ3v) is 3.00. The van der Waals surface area contributed by atoms with E-state index in [2.05, 4.69) is 20.4 Å². The first kappa shape index (κ1) is 12.4. The number of nitrogen functional groups attached to an aromatic ring is 1. The molecule has 3 N–H and O–H groups in total. The number of allylic oxidation sites excluding steroid dienone is 3. The number of benzene rings is 1. The van der Waals surface area contributed by atoms with E-state index in [0.29, 0.717) is 5.69 Å². The second-order valence-electron chi connectivity index (χ2n) is 4.35. The summed E-state index contributed by atoms with van der Waals surface area (Å²) in [5.74, 6) is 0.125. The Bertz CT molecular complexity index is 430. The van der Waals surface area contributed by atoms with Crippen molar-refractivity contribution in [1.29, 1.82) is 0 Å². The second-order valence-corrected chi connectivity index (χ2v) is 4.35. The van der Waals surface area contributed by atoms with Crippen molar-refractivity contribution in [2.45, 2.75) is 26.2 Å². The number of hydrogen-bond donors (Lipinski definition) is 2. The Balaban J connectivity index is 3.26. The molecular weight excluding hydrogens is 198 g/mol. The summed E-state index contributed by atoms with van der Waals surface area (Å²) in [6.45, 7) is 10.0. The minimum atomic E-state index is -0.154. The van der Waals surface area contributed by atoms with Gasteiger partial charge in [-0.05, 0) is 30.2 Å². The predicted octanol–water partition coefficient (Wildman–Crippen LogP) is 3.38. The summed E-state index contributed by atoms with van der Waals surface area (Å²) in [5.41, 5.74) is 8.16. The number of hydrogen-bond acceptors (Lipinski definition) is 2. The molecule has 0 aromatic heterocycles. The molecule has 2 heteroatoms. The van der Waals surface area contributed by atoms with Crippen LogP contribution in [-0.2, 0) is 5.41 Å². The maximum Gasteiger partial charge on any atom is 0.138 e. The molecule has 0 aliphatic rings. The maximum atomic E-state index is 9.40. The summed E-state index contributed by atoms with van der Waals surface area (Å²) < 4.78 is 0. The fourth-order valence-corrected chi connectivity index (χ4v) is 1.84. The van der Waals surface area contributed by atoms with E-state index < -0.39 is 0 Å². The van der Waals surface area contributed by atoms with E-state index in [-0.39, 0.29) is 11.2 Å². The molecule has 0 heterocycles. The Labute approximate surface area is 97.1 Å². The van der Waals surface area contributed by atoms with E-state index >= 15 is 0 Å². The second kappa shape index (κ2) is 4.44. The van der Waals surface area contributed by atoms with Gasteiger partial charge in [0.2, 0.25) is 0 Å². The van der Waals surface area contributed by atoms with Crippen LogP contribution >= 0.6 is 0 Å². The Kier molecular flexibility index (Phi) is 3.43. The highest BCUT2D eigenvalue weighted by atomic mass is 16.3. The van der Waals surface area contributed by atoms with Crippen LogP contribution in [0, 0.1) is 0 Å². The highest BCUT2D eigenvalue weighted by Crippen LogP contribution is 2.34. The minimum absolute atomic E-state index is 0.125. The summed E-state index contributed by atoms with van der Waals surface area (Å²) >= 11 is 0. The van der Waals surface area contributed by atoms with Crippen LogP contribution in [0.15, 0.2) is 42.5 Å². The fourth-order valence-electron chi connectivity index (χ4n) is 1.84. The van der Waals surface area contributed by atoms with Gasteiger partial charge in [0, 0.05) is 5.41 Å². The topological polar surface area (TPSA) is 46.2 Å². The molecule has 0 aliphatic carbocycles. The van der Waals surface area contributed by atoms with Crippen molar-refractivity contribution in [2.24, 2.45) is 0 Å². The van der Waals surface area contributed by atoms with Crippen LogP contribution in [0.5, 0.6) is 5.75 Å². The zero-order chi connectivity index (χ0) is 12.3. The SMILES string of the molecule is C=C/C(=C\C)C(C)(C)c1ccc(O)c(N)c1. The number of aromatic hydroxyl groups is 1. The molecule has 0 unspecified atom stereocenters. The largest absolute Gasteiger partial charge is 0.506 e. The fraction of sp³-hybridized carbons (Fsp3) is 0.286. The smallest absolute Gasteiger partial charge is 0.138 e. The molecule has 0 aliphatic heterocycles. The maximum absolute atomic E-state index is 9.40. The molecular formula is C14H19NO. The van der Waals surface area contributed by atoms with Crippen molar-refractivity contribution >= 4 is 5.69 Å². The Morgan fingerprint density at radius 1 is 1.44 bits per heavy atom. The molecule has 0 radical (unpaired) electrons. The van der Waals surface area contributed by atoms with Crippen LogP contribution in [0.4, 0.5) is 5.69 Å². The van der Waals surface area contributed by atoms with E-state index in [1.807, 2.05) is 31.2 Å². The van der Waals surface area contributed by atoms with E-state index in [0.717, 1.165) is 11.1 Å². The van der Waals surface area contributed by atoms with Crippen molar-refractivity contribution in [1.82, 2.24) is 0 Å². The molecule has 0 atom stereocenters. The quantitative estimate of drug-likeness (QED) is 0.463. The van der Waals surface area contributed by atoms with Crippen molar-refractivity contribution < 1.29 is 5.11 Å². The molecule has 1 aromatic rings. The van der Waals surface area contributed by atoms with Crippen LogP contribution in [0.3, 0.4) is 0 Å². The van der Waals surface area contributed by atoms with Crippen molar-refractivity contribution in [3.63, 3.8) is 0 Å². The molecule has 0 fully saturated rings. The third kappa shape index (κ3) is 2.11. The Hall–Kier alpha value is -1.70. The first-order valence-electron chi connectivity index (χ1n) is 5.31. The molecule has 0 bridgehead atoms. The predicted molar refractivity (Wildman–Crippen MR) is 69.5 cm³/mol. The lowest BCUT2D eigenvalue weighted by atomic mass is 9.77. The molecule has 2 nitrogen and oxygen atoms in total. The summed E-state index contributed by atoms with van der Waals surface area (Å²) in [6, 6.07) is 5.32. The van der Waals surface area contributed by atoms with Gasteiger partial charge in [-0.3, -0.25) is 0 Å². The number of rotatable bonds is 3. The molecule has 0 amide bonds. The van der Waals surface area contributed by atoms with Crippen molar-refractivity contribution in [3.8, 4) is 5.75 Å². The number of nitrogens with two attached hydrogens (primary N) is 1. The van der Waals surface area contributed by atoms with Crippen LogP contribution < -0.4 is 5.73 Å². The minimum Gasteiger partial charge on any atom is -0.506 e. The van der Waals surface area contributed by atoms with Crippen molar-refractivity contribution in [2.75, 3.05) is 5.73 Å². The number of phenolic OH excluding ortho intramolecular Hbond substituents is 1. The van der Waals surface area contributed by atoms with Gasteiger partial charge in [0.15, 0.2) is 0 Å². The standard InChI is InChI=1S/C14H19NO/c1-5-10(6-2)14(3,4)11-7-8-13(16)12(15)9-11/h5-9,16H,1,15H2,2-4H3/b10-6+. The highest BCUT2D eigenvalue weighted by Gasteiger charge is 2.23. The van der Waals surface area contributed by atoms with Crippen LogP contribution in [0.1, 0.15) is 26.3 Å². The van der Waals surface area contributed by atoms with Gasteiger partial charge in [-0.25, -0.2) is 0 Å². The lowest BCUT2D eigenvalue weighted by Crippen LogP contribution is -2.19. The molecule has 86 valence electrons. The van der Waals surface area contributed by atoms with Gasteiger partial charge in [-0.15, -0.1) is 0 Å². The van der Waals surface area contributed by atoms with Gasteiger partial charge in [0.25, 0.3) is 0 Å². The van der Waals surface area contributed by atoms with Gasteiger partial charge >= 0.3 is 0 Å². The molecule has 16 heavy (non-hydrogen) atoms. The zero-order valence-electron chi connectivity index (χ0n) is 10.1. The third-order valence-electron chi connectivity index (χ3n) is 3.00. The van der Waals surface area contributed by atoms with Gasteiger partial charge < -0.3 is 10.8 Å². The van der Waals surface area contributed by atoms with E-state index in [1.54, 1.807) is 6.07 Å². The molecule has 1 aromatic carbocycles. The first-order chi connectivity index (χ1) is 7.43. The summed E-state index contributed by atoms with van der Waals surface area (Å²) in [6.07, 6.45) is 3.89. The van der Waals surface area contributed by atoms with Gasteiger partial charge in [-0.1, -0.05) is 38.6 Å². The monoisotopic (exact) mass is 217 g/mol. The normalized spacial score (nSPS) is 12.6. The Morgan fingerprint density at radius 3 is 2.50 bits per heavy atom. The first-order valence-corrected chi connectivity index (χ1v) is 5.31. The summed E-state index contributed by atoms with van der Waals surface area (Å²) in [5, 5.41) is 9.40. The van der Waals surface area contributed by atoms with Gasteiger partial charge in [-0.2, -0.15) is 0 Å². The average molecular weight is 217 g/mol.